The Kier molecular flexibility index (Phi) is 4.93. The number of anilines is 1. The molecule has 1 heterocycles. The summed E-state index contributed by atoms with van der Waals surface area (Å²) < 4.78 is 1.52. The van der Waals surface area contributed by atoms with Gasteiger partial charge in [-0.1, -0.05) is 28.1 Å². The molecule has 3 rings (SSSR count). The van der Waals surface area contributed by atoms with Gasteiger partial charge in [-0.2, -0.15) is 0 Å². The van der Waals surface area contributed by atoms with Gasteiger partial charge in [0.2, 0.25) is 0 Å². The predicted molar refractivity (Wildman–Crippen MR) is 96.2 cm³/mol. The zero-order chi connectivity index (χ0) is 14.7. The summed E-state index contributed by atoms with van der Waals surface area (Å²) in [7, 11) is 0. The molecule has 1 aliphatic rings. The lowest BCUT2D eigenvalue weighted by Gasteiger charge is -2.09. The summed E-state index contributed by atoms with van der Waals surface area (Å²) >= 11 is 7.32. The molecule has 1 saturated heterocycles. The number of nitrogens with one attached hydrogen (secondary N) is 1. The fourth-order valence-corrected chi connectivity index (χ4v) is 5.20. The van der Waals surface area contributed by atoms with Crippen LogP contribution in [-0.4, -0.2) is 17.4 Å². The van der Waals surface area contributed by atoms with Crippen molar-refractivity contribution in [2.75, 3.05) is 16.8 Å². The molecule has 0 atom stereocenters. The number of rotatable bonds is 3. The molecule has 2 aromatic rings. The highest BCUT2D eigenvalue weighted by Crippen LogP contribution is 2.45. The molecule has 21 heavy (non-hydrogen) atoms. The van der Waals surface area contributed by atoms with Crippen LogP contribution in [0, 0.1) is 0 Å². The summed E-state index contributed by atoms with van der Waals surface area (Å²) in [5.74, 6) is 2.35. The van der Waals surface area contributed by atoms with Gasteiger partial charge in [-0.05, 0) is 42.0 Å². The minimum Gasteiger partial charge on any atom is -0.322 e. The average Bonchev–Trinajstić information content (AvgIpc) is 3.04. The Morgan fingerprint density at radius 1 is 1.00 bits per heavy atom. The van der Waals surface area contributed by atoms with E-state index in [0.717, 1.165) is 10.2 Å². The van der Waals surface area contributed by atoms with E-state index in [2.05, 4.69) is 33.4 Å². The maximum Gasteiger partial charge on any atom is 0.255 e. The zero-order valence-electron chi connectivity index (χ0n) is 11.2. The fraction of sp³-hybridized carbons (Fsp3) is 0.188. The summed E-state index contributed by atoms with van der Waals surface area (Å²) in [4.78, 5) is 12.2. The Labute approximate surface area is 141 Å². The van der Waals surface area contributed by atoms with Crippen molar-refractivity contribution in [3.05, 3.63) is 64.1 Å². The first-order valence-corrected chi connectivity index (χ1v) is 9.51. The van der Waals surface area contributed by atoms with Crippen molar-refractivity contribution < 1.29 is 4.79 Å². The fourth-order valence-electron chi connectivity index (χ4n) is 2.08. The van der Waals surface area contributed by atoms with Crippen molar-refractivity contribution >= 4 is 51.0 Å². The van der Waals surface area contributed by atoms with Gasteiger partial charge in [0.25, 0.3) is 5.91 Å². The molecule has 0 bridgehead atoms. The molecule has 0 spiro atoms. The van der Waals surface area contributed by atoms with Crippen LogP contribution in [0.3, 0.4) is 0 Å². The lowest BCUT2D eigenvalue weighted by Crippen LogP contribution is -2.11. The molecule has 1 N–H and O–H groups in total. The van der Waals surface area contributed by atoms with E-state index >= 15 is 0 Å². The molecule has 2 nitrogen and oxygen atoms in total. The third kappa shape index (κ3) is 3.84. The van der Waals surface area contributed by atoms with Gasteiger partial charge in [-0.3, -0.25) is 4.79 Å². The molecular weight excluding hydrogens is 366 g/mol. The maximum atomic E-state index is 12.2. The van der Waals surface area contributed by atoms with Crippen LogP contribution in [0.15, 0.2) is 53.0 Å². The number of thioether (sulfide) groups is 2. The third-order valence-corrected chi connectivity index (χ3v) is 6.80. The minimum atomic E-state index is -0.0735. The standard InChI is InChI=1S/C16H14BrNOS2/c17-13-5-7-14(8-6-13)18-15(19)11-1-3-12(4-2-11)16-20-9-10-21-16/h1-8,16H,9-10H2,(H,18,19). The normalized spacial score (nSPS) is 15.1. The molecule has 108 valence electrons. The van der Waals surface area contributed by atoms with Gasteiger partial charge in [-0.25, -0.2) is 0 Å². The maximum absolute atomic E-state index is 12.2. The van der Waals surface area contributed by atoms with Crippen LogP contribution in [0.5, 0.6) is 0 Å². The largest absolute Gasteiger partial charge is 0.322 e. The topological polar surface area (TPSA) is 29.1 Å². The van der Waals surface area contributed by atoms with E-state index in [-0.39, 0.29) is 5.91 Å². The second-order valence-corrected chi connectivity index (χ2v) is 8.30. The van der Waals surface area contributed by atoms with E-state index in [0.29, 0.717) is 10.1 Å². The van der Waals surface area contributed by atoms with Crippen LogP contribution in [0.25, 0.3) is 0 Å². The van der Waals surface area contributed by atoms with E-state index in [1.54, 1.807) is 0 Å². The quantitative estimate of drug-likeness (QED) is 0.796. The van der Waals surface area contributed by atoms with Crippen LogP contribution in [0.1, 0.15) is 20.5 Å². The molecule has 1 fully saturated rings. The lowest BCUT2D eigenvalue weighted by atomic mass is 10.1. The molecule has 0 saturated carbocycles. The van der Waals surface area contributed by atoms with E-state index in [1.165, 1.54) is 17.1 Å². The number of hydrogen-bond acceptors (Lipinski definition) is 3. The number of carbonyl (C=O) groups excluding carboxylic acids is 1. The van der Waals surface area contributed by atoms with Crippen molar-refractivity contribution in [3.63, 3.8) is 0 Å². The Balaban J connectivity index is 1.68. The number of carbonyl (C=O) groups is 1. The van der Waals surface area contributed by atoms with Crippen LogP contribution >= 0.6 is 39.5 Å². The summed E-state index contributed by atoms with van der Waals surface area (Å²) in [6.07, 6.45) is 0. The molecule has 0 aliphatic carbocycles. The van der Waals surface area contributed by atoms with Crippen molar-refractivity contribution in [2.45, 2.75) is 4.58 Å². The van der Waals surface area contributed by atoms with Crippen molar-refractivity contribution in [1.29, 1.82) is 0 Å². The molecule has 2 aromatic carbocycles. The van der Waals surface area contributed by atoms with Crippen molar-refractivity contribution in [1.82, 2.24) is 0 Å². The SMILES string of the molecule is O=C(Nc1ccc(Br)cc1)c1ccc(C2SCCS2)cc1. The number of halogens is 1. The lowest BCUT2D eigenvalue weighted by molar-refractivity contribution is 0.102. The average molecular weight is 380 g/mol. The number of benzene rings is 2. The Morgan fingerprint density at radius 3 is 2.24 bits per heavy atom. The summed E-state index contributed by atoms with van der Waals surface area (Å²) in [5, 5.41) is 2.90. The molecule has 1 amide bonds. The zero-order valence-corrected chi connectivity index (χ0v) is 14.4. The summed E-state index contributed by atoms with van der Waals surface area (Å²) in [6.45, 7) is 0. The van der Waals surface area contributed by atoms with Gasteiger partial charge in [0.15, 0.2) is 0 Å². The second-order valence-electron chi connectivity index (χ2n) is 4.66. The Morgan fingerprint density at radius 2 is 1.62 bits per heavy atom. The molecule has 0 radical (unpaired) electrons. The van der Waals surface area contributed by atoms with Gasteiger partial charge in [-0.15, -0.1) is 23.5 Å². The van der Waals surface area contributed by atoms with E-state index in [1.807, 2.05) is 59.9 Å². The second kappa shape index (κ2) is 6.90. The summed E-state index contributed by atoms with van der Waals surface area (Å²) in [6, 6.07) is 15.5. The van der Waals surface area contributed by atoms with Crippen LogP contribution in [-0.2, 0) is 0 Å². The van der Waals surface area contributed by atoms with E-state index < -0.39 is 0 Å². The number of hydrogen-bond donors (Lipinski definition) is 1. The highest BCUT2D eigenvalue weighted by Gasteiger charge is 2.18. The monoisotopic (exact) mass is 379 g/mol. The molecule has 1 aliphatic heterocycles. The summed E-state index contributed by atoms with van der Waals surface area (Å²) in [5.41, 5.74) is 2.78. The first kappa shape index (κ1) is 15.0. The van der Waals surface area contributed by atoms with E-state index in [9.17, 15) is 4.79 Å². The first-order chi connectivity index (χ1) is 10.2. The predicted octanol–water partition coefficient (Wildman–Crippen LogP) is 5.18. The molecule has 0 unspecified atom stereocenters. The van der Waals surface area contributed by atoms with Crippen LogP contribution in [0.4, 0.5) is 5.69 Å². The third-order valence-electron chi connectivity index (χ3n) is 3.17. The molecule has 5 heteroatoms. The van der Waals surface area contributed by atoms with Crippen LogP contribution in [0.2, 0.25) is 0 Å². The van der Waals surface area contributed by atoms with Gasteiger partial charge < -0.3 is 5.32 Å². The first-order valence-electron chi connectivity index (χ1n) is 6.62. The minimum absolute atomic E-state index is 0.0735. The highest BCUT2D eigenvalue weighted by atomic mass is 79.9. The highest BCUT2D eigenvalue weighted by molar-refractivity contribution is 9.10. The van der Waals surface area contributed by atoms with Crippen molar-refractivity contribution in [3.8, 4) is 0 Å². The smallest absolute Gasteiger partial charge is 0.255 e. The van der Waals surface area contributed by atoms with Gasteiger partial charge in [0.05, 0.1) is 4.58 Å². The van der Waals surface area contributed by atoms with Crippen LogP contribution < -0.4 is 5.32 Å². The van der Waals surface area contributed by atoms with Gasteiger partial charge in [0, 0.05) is 27.2 Å². The van der Waals surface area contributed by atoms with E-state index in [4.69, 9.17) is 0 Å². The van der Waals surface area contributed by atoms with Gasteiger partial charge in [0.1, 0.15) is 0 Å². The molecular formula is C16H14BrNOS2. The van der Waals surface area contributed by atoms with Gasteiger partial charge >= 0.3 is 0 Å². The van der Waals surface area contributed by atoms with Crippen molar-refractivity contribution in [2.24, 2.45) is 0 Å². The number of amides is 1. The molecule has 0 aromatic heterocycles. The Bertz CT molecular complexity index is 622. The Hall–Kier alpha value is -0.910.